The van der Waals surface area contributed by atoms with Gasteiger partial charge in [0.25, 0.3) is 0 Å². The number of nitrogens with zero attached hydrogens (tertiary/aromatic N) is 1. The Balaban J connectivity index is 2.21. The molecule has 0 heterocycles. The van der Waals surface area contributed by atoms with Gasteiger partial charge in [0.2, 0.25) is 0 Å². The predicted octanol–water partition coefficient (Wildman–Crippen LogP) is 2.48. The third kappa shape index (κ3) is 6.25. The standard InChI is InChI=1S/C15H23NO3/c1-12-5-6-14(13(2)11-12)19-10-4-8-16(3)9-7-15(17)18/h5-6,11H,4,7-10H2,1-3H3,(H,17,18). The van der Waals surface area contributed by atoms with Crippen molar-refractivity contribution in [1.82, 2.24) is 4.90 Å². The average molecular weight is 265 g/mol. The van der Waals surface area contributed by atoms with Crippen LogP contribution in [-0.4, -0.2) is 42.7 Å². The predicted molar refractivity (Wildman–Crippen MR) is 75.8 cm³/mol. The van der Waals surface area contributed by atoms with Crippen LogP contribution in [0.5, 0.6) is 5.75 Å². The van der Waals surface area contributed by atoms with Crippen molar-refractivity contribution in [3.8, 4) is 5.75 Å². The molecule has 1 N–H and O–H groups in total. The largest absolute Gasteiger partial charge is 0.493 e. The summed E-state index contributed by atoms with van der Waals surface area (Å²) < 4.78 is 5.72. The molecule has 0 fully saturated rings. The molecule has 0 radical (unpaired) electrons. The van der Waals surface area contributed by atoms with Crippen LogP contribution in [0, 0.1) is 13.8 Å². The quantitative estimate of drug-likeness (QED) is 0.734. The summed E-state index contributed by atoms with van der Waals surface area (Å²) in [7, 11) is 1.93. The van der Waals surface area contributed by atoms with Gasteiger partial charge in [-0.15, -0.1) is 0 Å². The van der Waals surface area contributed by atoms with E-state index in [2.05, 4.69) is 13.0 Å². The van der Waals surface area contributed by atoms with Crippen molar-refractivity contribution in [3.63, 3.8) is 0 Å². The summed E-state index contributed by atoms with van der Waals surface area (Å²) in [5.41, 5.74) is 2.39. The highest BCUT2D eigenvalue weighted by Crippen LogP contribution is 2.18. The number of carboxylic acids is 1. The van der Waals surface area contributed by atoms with E-state index < -0.39 is 5.97 Å². The Hall–Kier alpha value is -1.55. The van der Waals surface area contributed by atoms with E-state index in [1.807, 2.05) is 31.0 Å². The monoisotopic (exact) mass is 265 g/mol. The third-order valence-electron chi connectivity index (χ3n) is 2.98. The zero-order valence-electron chi connectivity index (χ0n) is 12.0. The summed E-state index contributed by atoms with van der Waals surface area (Å²) >= 11 is 0. The molecule has 0 spiro atoms. The lowest BCUT2D eigenvalue weighted by molar-refractivity contribution is -0.137. The fourth-order valence-electron chi connectivity index (χ4n) is 1.88. The zero-order valence-corrected chi connectivity index (χ0v) is 12.0. The second-order valence-electron chi connectivity index (χ2n) is 4.92. The summed E-state index contributed by atoms with van der Waals surface area (Å²) in [6.45, 7) is 6.19. The Kier molecular flexibility index (Phi) is 6.36. The number of aliphatic carboxylic acids is 1. The van der Waals surface area contributed by atoms with Crippen LogP contribution in [-0.2, 0) is 4.79 Å². The van der Waals surface area contributed by atoms with Gasteiger partial charge in [0.15, 0.2) is 0 Å². The molecule has 0 aliphatic heterocycles. The van der Waals surface area contributed by atoms with Crippen molar-refractivity contribution in [2.75, 3.05) is 26.7 Å². The smallest absolute Gasteiger partial charge is 0.304 e. The Labute approximate surface area is 115 Å². The maximum atomic E-state index is 10.4. The second-order valence-corrected chi connectivity index (χ2v) is 4.92. The molecular formula is C15H23NO3. The maximum absolute atomic E-state index is 10.4. The topological polar surface area (TPSA) is 49.8 Å². The molecule has 0 amide bonds. The van der Waals surface area contributed by atoms with Gasteiger partial charge in [-0.25, -0.2) is 0 Å². The van der Waals surface area contributed by atoms with Crippen LogP contribution in [0.15, 0.2) is 18.2 Å². The number of aryl methyl sites for hydroxylation is 2. The molecule has 0 bridgehead atoms. The van der Waals surface area contributed by atoms with Crippen molar-refractivity contribution in [1.29, 1.82) is 0 Å². The first-order chi connectivity index (χ1) is 8.99. The van der Waals surface area contributed by atoms with Crippen molar-refractivity contribution >= 4 is 5.97 Å². The van der Waals surface area contributed by atoms with Gasteiger partial charge in [-0.1, -0.05) is 17.7 Å². The van der Waals surface area contributed by atoms with E-state index in [0.29, 0.717) is 13.2 Å². The van der Waals surface area contributed by atoms with Crippen LogP contribution >= 0.6 is 0 Å². The highest BCUT2D eigenvalue weighted by Gasteiger charge is 2.03. The van der Waals surface area contributed by atoms with Gasteiger partial charge in [-0.3, -0.25) is 4.79 Å². The molecule has 1 aromatic rings. The Morgan fingerprint density at radius 1 is 1.32 bits per heavy atom. The molecule has 0 unspecified atom stereocenters. The van der Waals surface area contributed by atoms with E-state index >= 15 is 0 Å². The Bertz CT molecular complexity index is 418. The molecule has 4 nitrogen and oxygen atoms in total. The first-order valence-electron chi connectivity index (χ1n) is 6.59. The van der Waals surface area contributed by atoms with E-state index in [0.717, 1.165) is 24.3 Å². The third-order valence-corrected chi connectivity index (χ3v) is 2.98. The molecule has 0 saturated heterocycles. The molecule has 19 heavy (non-hydrogen) atoms. The molecule has 0 aromatic heterocycles. The van der Waals surface area contributed by atoms with Crippen molar-refractivity contribution in [3.05, 3.63) is 29.3 Å². The van der Waals surface area contributed by atoms with Crippen LogP contribution in [0.3, 0.4) is 0 Å². The average Bonchev–Trinajstić information content (AvgIpc) is 2.34. The number of rotatable bonds is 8. The lowest BCUT2D eigenvalue weighted by Gasteiger charge is -2.16. The van der Waals surface area contributed by atoms with Gasteiger partial charge < -0.3 is 14.7 Å². The second kappa shape index (κ2) is 7.79. The number of hydrogen-bond acceptors (Lipinski definition) is 3. The normalized spacial score (nSPS) is 10.7. The fraction of sp³-hybridized carbons (Fsp3) is 0.533. The first-order valence-corrected chi connectivity index (χ1v) is 6.59. The van der Waals surface area contributed by atoms with Crippen LogP contribution < -0.4 is 4.74 Å². The number of carbonyl (C=O) groups is 1. The summed E-state index contributed by atoms with van der Waals surface area (Å²) in [4.78, 5) is 12.4. The van der Waals surface area contributed by atoms with E-state index in [4.69, 9.17) is 9.84 Å². The molecular weight excluding hydrogens is 242 g/mol. The van der Waals surface area contributed by atoms with E-state index in [-0.39, 0.29) is 6.42 Å². The SMILES string of the molecule is Cc1ccc(OCCCN(C)CCC(=O)O)c(C)c1. The molecule has 0 saturated carbocycles. The van der Waals surface area contributed by atoms with Crippen LogP contribution in [0.4, 0.5) is 0 Å². The molecule has 0 aliphatic carbocycles. The van der Waals surface area contributed by atoms with Crippen LogP contribution in [0.2, 0.25) is 0 Å². The van der Waals surface area contributed by atoms with E-state index in [9.17, 15) is 4.79 Å². The Morgan fingerprint density at radius 3 is 2.68 bits per heavy atom. The van der Waals surface area contributed by atoms with Gasteiger partial charge in [0, 0.05) is 13.1 Å². The molecule has 0 aliphatic rings. The van der Waals surface area contributed by atoms with Gasteiger partial charge in [0.05, 0.1) is 13.0 Å². The number of carboxylic acid groups (broad SMARTS) is 1. The maximum Gasteiger partial charge on any atom is 0.304 e. The molecule has 1 aromatic carbocycles. The highest BCUT2D eigenvalue weighted by atomic mass is 16.5. The van der Waals surface area contributed by atoms with Crippen molar-refractivity contribution < 1.29 is 14.6 Å². The summed E-state index contributed by atoms with van der Waals surface area (Å²) in [6.07, 6.45) is 1.08. The van der Waals surface area contributed by atoms with Crippen molar-refractivity contribution in [2.24, 2.45) is 0 Å². The summed E-state index contributed by atoms with van der Waals surface area (Å²) in [6, 6.07) is 6.15. The van der Waals surface area contributed by atoms with Gasteiger partial charge in [-0.05, 0) is 38.9 Å². The van der Waals surface area contributed by atoms with Crippen LogP contribution in [0.1, 0.15) is 24.0 Å². The highest BCUT2D eigenvalue weighted by molar-refractivity contribution is 5.66. The summed E-state index contributed by atoms with van der Waals surface area (Å²) in [5.74, 6) is 0.178. The minimum Gasteiger partial charge on any atom is -0.493 e. The van der Waals surface area contributed by atoms with Gasteiger partial charge in [-0.2, -0.15) is 0 Å². The van der Waals surface area contributed by atoms with E-state index in [1.54, 1.807) is 0 Å². The number of benzene rings is 1. The van der Waals surface area contributed by atoms with Crippen LogP contribution in [0.25, 0.3) is 0 Å². The first kappa shape index (κ1) is 15.5. The lowest BCUT2D eigenvalue weighted by Crippen LogP contribution is -2.24. The molecule has 106 valence electrons. The van der Waals surface area contributed by atoms with E-state index in [1.165, 1.54) is 5.56 Å². The van der Waals surface area contributed by atoms with Gasteiger partial charge in [0.1, 0.15) is 5.75 Å². The minimum atomic E-state index is -0.751. The number of ether oxygens (including phenoxy) is 1. The van der Waals surface area contributed by atoms with Crippen molar-refractivity contribution in [2.45, 2.75) is 26.7 Å². The summed E-state index contributed by atoms with van der Waals surface area (Å²) in [5, 5.41) is 8.58. The minimum absolute atomic E-state index is 0.189. The molecule has 0 atom stereocenters. The fourth-order valence-corrected chi connectivity index (χ4v) is 1.88. The Morgan fingerprint density at radius 2 is 2.05 bits per heavy atom. The van der Waals surface area contributed by atoms with Gasteiger partial charge >= 0.3 is 5.97 Å². The number of hydrogen-bond donors (Lipinski definition) is 1. The zero-order chi connectivity index (χ0) is 14.3. The molecule has 1 rings (SSSR count). The molecule has 4 heteroatoms. The lowest BCUT2D eigenvalue weighted by atomic mass is 10.1.